The van der Waals surface area contributed by atoms with Crippen molar-refractivity contribution < 1.29 is 40.3 Å². The molecule has 0 spiro atoms. The number of carbonyl (C=O) groups excluding carboxylic acids is 3. The molecule has 0 saturated heterocycles. The Hall–Kier alpha value is -6.33. The van der Waals surface area contributed by atoms with E-state index in [1.807, 2.05) is 0 Å². The fourth-order valence-corrected chi connectivity index (χ4v) is 6.12. The molecular formula is C35H29N5O9S2. The van der Waals surface area contributed by atoms with Crippen LogP contribution in [0, 0.1) is 0 Å². The number of nitrogens with one attached hydrogen (secondary N) is 3. The molecule has 5 rings (SSSR count). The van der Waals surface area contributed by atoms with Gasteiger partial charge in [0.25, 0.3) is 38.0 Å². The Morgan fingerprint density at radius 2 is 0.804 bits per heavy atom. The normalized spacial score (nSPS) is 11.6. The number of rotatable bonds is 10. The summed E-state index contributed by atoms with van der Waals surface area (Å²) in [4.78, 5) is 36.9. The average Bonchev–Trinajstić information content (AvgIpc) is 3.08. The molecule has 16 heteroatoms. The minimum Gasteiger partial charge on any atom is -0.399 e. The number of hydrogen-bond acceptors (Lipinski definition) is 9. The van der Waals surface area contributed by atoms with Crippen molar-refractivity contribution in [2.45, 2.75) is 9.79 Å². The van der Waals surface area contributed by atoms with E-state index in [2.05, 4.69) is 16.0 Å². The third-order valence-corrected chi connectivity index (χ3v) is 9.11. The van der Waals surface area contributed by atoms with Crippen LogP contribution in [0.25, 0.3) is 12.2 Å². The van der Waals surface area contributed by atoms with Crippen LogP contribution in [0.3, 0.4) is 0 Å². The Kier molecular flexibility index (Phi) is 10.3. The van der Waals surface area contributed by atoms with Gasteiger partial charge in [-0.1, -0.05) is 24.3 Å². The SMILES string of the molecule is Nc1ccc(NC(=O)c2ccc(/C=C/c3ccc(NC(=O)c4ccc(NC(=O)c5ccc(N)cc5)cc4)cc3S(=O)(=O)O)c(S(=O)(=O)O)c2)cc1. The van der Waals surface area contributed by atoms with Gasteiger partial charge >= 0.3 is 0 Å². The van der Waals surface area contributed by atoms with Crippen LogP contribution in [0.4, 0.5) is 28.4 Å². The molecule has 0 aliphatic carbocycles. The van der Waals surface area contributed by atoms with Gasteiger partial charge in [0.05, 0.1) is 0 Å². The van der Waals surface area contributed by atoms with Crippen molar-refractivity contribution in [2.75, 3.05) is 27.4 Å². The summed E-state index contributed by atoms with van der Waals surface area (Å²) in [6.07, 6.45) is 2.34. The standard InChI is InChI=1S/C35H29N5O9S2/c36-26-10-5-23(6-11-26)33(41)38-28-14-8-24(9-15-28)34(42)40-30-16-7-22(32(20-30)51(47,48)49)2-1-21-3-4-25(19-31(21)50(44,45)46)35(43)39-29-17-12-27(37)13-18-29/h1-20H,36-37H2,(H,38,41)(H,39,43)(H,40,42)(H,44,45,46)(H,47,48,49)/b2-1+. The monoisotopic (exact) mass is 727 g/mol. The van der Waals surface area contributed by atoms with Crippen LogP contribution in [0.15, 0.2) is 119 Å². The van der Waals surface area contributed by atoms with Crippen molar-refractivity contribution in [3.63, 3.8) is 0 Å². The van der Waals surface area contributed by atoms with Crippen molar-refractivity contribution in [3.05, 3.63) is 137 Å². The molecule has 0 aliphatic rings. The first-order valence-corrected chi connectivity index (χ1v) is 17.6. The minimum absolute atomic E-state index is 0.000554. The zero-order chi connectivity index (χ0) is 36.9. The Morgan fingerprint density at radius 1 is 0.471 bits per heavy atom. The molecule has 9 N–H and O–H groups in total. The molecule has 0 atom stereocenters. The zero-order valence-electron chi connectivity index (χ0n) is 26.3. The van der Waals surface area contributed by atoms with E-state index in [-0.39, 0.29) is 33.8 Å². The van der Waals surface area contributed by atoms with Crippen LogP contribution in [0.5, 0.6) is 0 Å². The summed E-state index contributed by atoms with van der Waals surface area (Å²) in [6, 6.07) is 25.5. The van der Waals surface area contributed by atoms with Gasteiger partial charge in [-0.2, -0.15) is 16.8 Å². The lowest BCUT2D eigenvalue weighted by Crippen LogP contribution is -2.14. The molecule has 5 aromatic rings. The summed E-state index contributed by atoms with van der Waals surface area (Å²) in [6.45, 7) is 0. The van der Waals surface area contributed by atoms with E-state index in [1.54, 1.807) is 48.5 Å². The first-order valence-electron chi connectivity index (χ1n) is 14.7. The van der Waals surface area contributed by atoms with E-state index in [0.717, 1.165) is 12.1 Å². The second kappa shape index (κ2) is 14.7. The van der Waals surface area contributed by atoms with E-state index in [9.17, 15) is 40.3 Å². The van der Waals surface area contributed by atoms with Gasteiger partial charge in [0.2, 0.25) is 0 Å². The first kappa shape index (κ1) is 36.0. The number of carbonyl (C=O) groups is 3. The summed E-state index contributed by atoms with van der Waals surface area (Å²) < 4.78 is 69.0. The van der Waals surface area contributed by atoms with Crippen LogP contribution in [0.1, 0.15) is 42.2 Å². The smallest absolute Gasteiger partial charge is 0.295 e. The molecule has 14 nitrogen and oxygen atoms in total. The van der Waals surface area contributed by atoms with Crippen molar-refractivity contribution >= 4 is 78.5 Å². The van der Waals surface area contributed by atoms with Gasteiger partial charge in [-0.15, -0.1) is 0 Å². The van der Waals surface area contributed by atoms with Crippen LogP contribution < -0.4 is 27.4 Å². The maximum Gasteiger partial charge on any atom is 0.295 e. The van der Waals surface area contributed by atoms with Crippen molar-refractivity contribution in [3.8, 4) is 0 Å². The van der Waals surface area contributed by atoms with Crippen LogP contribution >= 0.6 is 0 Å². The van der Waals surface area contributed by atoms with Gasteiger partial charge in [0.1, 0.15) is 9.79 Å². The van der Waals surface area contributed by atoms with E-state index in [0.29, 0.717) is 28.3 Å². The molecule has 0 aromatic heterocycles. The number of amides is 3. The lowest BCUT2D eigenvalue weighted by atomic mass is 10.1. The maximum atomic E-state index is 12.9. The quantitative estimate of drug-likeness (QED) is 0.0554. The van der Waals surface area contributed by atoms with Gasteiger partial charge in [0, 0.05) is 45.1 Å². The van der Waals surface area contributed by atoms with Gasteiger partial charge in [0.15, 0.2) is 0 Å². The Bertz CT molecular complexity index is 2400. The molecule has 260 valence electrons. The van der Waals surface area contributed by atoms with Crippen LogP contribution in [-0.4, -0.2) is 43.7 Å². The van der Waals surface area contributed by atoms with Gasteiger partial charge < -0.3 is 27.4 Å². The Labute approximate surface area is 292 Å². The number of nitrogen functional groups attached to an aromatic ring is 2. The second-order valence-electron chi connectivity index (χ2n) is 11.0. The molecule has 51 heavy (non-hydrogen) atoms. The summed E-state index contributed by atoms with van der Waals surface area (Å²) in [5.74, 6) is -1.69. The second-order valence-corrected chi connectivity index (χ2v) is 13.8. The predicted molar refractivity (Wildman–Crippen MR) is 193 cm³/mol. The van der Waals surface area contributed by atoms with E-state index in [4.69, 9.17) is 11.5 Å². The number of anilines is 5. The predicted octanol–water partition coefficient (Wildman–Crippen LogP) is 5.27. The van der Waals surface area contributed by atoms with Crippen LogP contribution in [0.2, 0.25) is 0 Å². The maximum absolute atomic E-state index is 12.9. The highest BCUT2D eigenvalue weighted by atomic mass is 32.2. The third-order valence-electron chi connectivity index (χ3n) is 7.29. The summed E-state index contributed by atoms with van der Waals surface area (Å²) in [7, 11) is -9.74. The van der Waals surface area contributed by atoms with Crippen LogP contribution in [-0.2, 0) is 20.2 Å². The summed E-state index contributed by atoms with van der Waals surface area (Å²) in [5, 5.41) is 7.81. The fraction of sp³-hybridized carbons (Fsp3) is 0. The van der Waals surface area contributed by atoms with Gasteiger partial charge in [-0.25, -0.2) is 0 Å². The Balaban J connectivity index is 1.33. The molecule has 0 unspecified atom stereocenters. The molecule has 0 aliphatic heterocycles. The zero-order valence-corrected chi connectivity index (χ0v) is 27.9. The van der Waals surface area contributed by atoms with Crippen molar-refractivity contribution in [1.29, 1.82) is 0 Å². The molecular weight excluding hydrogens is 699 g/mol. The number of nitrogens with two attached hydrogens (primary N) is 2. The summed E-state index contributed by atoms with van der Waals surface area (Å²) in [5.41, 5.74) is 13.3. The molecule has 0 radical (unpaired) electrons. The van der Waals surface area contributed by atoms with Gasteiger partial charge in [-0.3, -0.25) is 23.5 Å². The largest absolute Gasteiger partial charge is 0.399 e. The van der Waals surface area contributed by atoms with Crippen molar-refractivity contribution in [1.82, 2.24) is 0 Å². The topological polar surface area (TPSA) is 248 Å². The lowest BCUT2D eigenvalue weighted by Gasteiger charge is -2.11. The minimum atomic E-state index is -4.87. The molecule has 0 fully saturated rings. The first-order chi connectivity index (χ1) is 24.1. The van der Waals surface area contributed by atoms with E-state index >= 15 is 0 Å². The Morgan fingerprint density at radius 3 is 1.29 bits per heavy atom. The number of benzene rings is 5. The molecule has 0 saturated carbocycles. The van der Waals surface area contributed by atoms with Gasteiger partial charge in [-0.05, 0) is 108 Å². The summed E-state index contributed by atoms with van der Waals surface area (Å²) >= 11 is 0. The molecule has 3 amide bonds. The molecule has 0 heterocycles. The highest BCUT2D eigenvalue weighted by molar-refractivity contribution is 7.86. The average molecular weight is 728 g/mol. The highest BCUT2D eigenvalue weighted by Crippen LogP contribution is 2.26. The molecule has 0 bridgehead atoms. The number of hydrogen-bond donors (Lipinski definition) is 7. The molecule has 5 aromatic carbocycles. The van der Waals surface area contributed by atoms with Crippen molar-refractivity contribution in [2.24, 2.45) is 0 Å². The lowest BCUT2D eigenvalue weighted by molar-refractivity contribution is 0.101. The highest BCUT2D eigenvalue weighted by Gasteiger charge is 2.20. The van der Waals surface area contributed by atoms with E-state index < -0.39 is 41.8 Å². The third kappa shape index (κ3) is 9.22. The fourth-order valence-electron chi connectivity index (χ4n) is 4.71. The van der Waals surface area contributed by atoms with E-state index in [1.165, 1.54) is 60.7 Å².